The van der Waals surface area contributed by atoms with E-state index in [0.29, 0.717) is 30.4 Å². The molecule has 4 rings (SSSR count). The molecule has 0 atom stereocenters. The van der Waals surface area contributed by atoms with Crippen LogP contribution >= 0.6 is 0 Å². The molecule has 3 N–H and O–H groups in total. The number of aryl methyl sites for hydroxylation is 1. The summed E-state index contributed by atoms with van der Waals surface area (Å²) in [6, 6.07) is 8.54. The summed E-state index contributed by atoms with van der Waals surface area (Å²) in [5.41, 5.74) is 8.72. The number of aromatic amines is 1. The Labute approximate surface area is 228 Å². The second-order valence-corrected chi connectivity index (χ2v) is 9.89. The Morgan fingerprint density at radius 3 is 2.62 bits per heavy atom. The normalized spacial score (nSPS) is 14.8. The van der Waals surface area contributed by atoms with Crippen LogP contribution in [0.15, 0.2) is 29.1 Å². The van der Waals surface area contributed by atoms with E-state index in [4.69, 9.17) is 19.9 Å². The molecule has 0 radical (unpaired) electrons. The molecule has 1 aliphatic rings. The van der Waals surface area contributed by atoms with Gasteiger partial charge in [0.25, 0.3) is 0 Å². The van der Waals surface area contributed by atoms with Crippen LogP contribution < -0.4 is 16.2 Å². The number of imidazole rings is 1. The highest BCUT2D eigenvalue weighted by molar-refractivity contribution is 5.81. The number of nitrogen functional groups attached to an aromatic ring is 1. The lowest BCUT2D eigenvalue weighted by molar-refractivity contribution is -0.139. The molecule has 1 aliphatic heterocycles. The molecule has 3 heterocycles. The zero-order chi connectivity index (χ0) is 27.8. The molecule has 39 heavy (non-hydrogen) atoms. The maximum Gasteiger partial charge on any atom is 0.327 e. The predicted octanol–water partition coefficient (Wildman–Crippen LogP) is 1.43. The SMILES string of the molecule is COCCOc1nc(N)c2[nH]c(=O)n(CCCN(Cc3ccccc3CC(=O)OC)C3CCN(C)CC3)c2n1. The van der Waals surface area contributed by atoms with E-state index in [9.17, 15) is 9.59 Å². The number of hydrogen-bond acceptors (Lipinski definition) is 10. The third-order valence-electron chi connectivity index (χ3n) is 7.23. The first-order valence-corrected chi connectivity index (χ1v) is 13.3. The summed E-state index contributed by atoms with van der Waals surface area (Å²) in [4.78, 5) is 41.0. The quantitative estimate of drug-likeness (QED) is 0.241. The number of rotatable bonds is 13. The summed E-state index contributed by atoms with van der Waals surface area (Å²) >= 11 is 0. The average molecular weight is 542 g/mol. The van der Waals surface area contributed by atoms with Gasteiger partial charge in [-0.15, -0.1) is 0 Å². The summed E-state index contributed by atoms with van der Waals surface area (Å²) in [6.07, 6.45) is 3.10. The van der Waals surface area contributed by atoms with E-state index < -0.39 is 0 Å². The number of piperidine rings is 1. The third-order valence-corrected chi connectivity index (χ3v) is 7.23. The van der Waals surface area contributed by atoms with E-state index >= 15 is 0 Å². The predicted molar refractivity (Wildman–Crippen MR) is 148 cm³/mol. The van der Waals surface area contributed by atoms with Crippen LogP contribution in [0.1, 0.15) is 30.4 Å². The molecule has 0 bridgehead atoms. The highest BCUT2D eigenvalue weighted by atomic mass is 16.5. The van der Waals surface area contributed by atoms with Crippen LogP contribution in [0.2, 0.25) is 0 Å². The van der Waals surface area contributed by atoms with Crippen molar-refractivity contribution in [3.8, 4) is 6.01 Å². The standard InChI is InChI=1S/C27H39N7O5/c1-32-13-9-21(10-14-32)33(18-20-8-5-4-7-19(20)17-22(35)38-3)11-6-12-34-25-23(29-27(34)36)24(28)30-26(31-25)39-16-15-37-2/h4-5,7-8,21H,6,9-18H2,1-3H3,(H,29,36)(H2,28,30,31). The van der Waals surface area contributed by atoms with Gasteiger partial charge in [-0.3, -0.25) is 14.3 Å². The number of benzene rings is 1. The number of H-pyrrole nitrogens is 1. The molecule has 1 fully saturated rings. The summed E-state index contributed by atoms with van der Waals surface area (Å²) in [6.45, 7) is 4.69. The number of anilines is 1. The van der Waals surface area contributed by atoms with Crippen molar-refractivity contribution >= 4 is 23.0 Å². The summed E-state index contributed by atoms with van der Waals surface area (Å²) in [5, 5.41) is 0. The number of esters is 1. The molecular weight excluding hydrogens is 502 g/mol. The van der Waals surface area contributed by atoms with E-state index in [0.717, 1.165) is 56.6 Å². The average Bonchev–Trinajstić information content (AvgIpc) is 3.25. The van der Waals surface area contributed by atoms with Crippen molar-refractivity contribution < 1.29 is 19.0 Å². The van der Waals surface area contributed by atoms with Crippen molar-refractivity contribution in [3.63, 3.8) is 0 Å². The largest absolute Gasteiger partial charge is 0.469 e. The number of likely N-dealkylation sites (tertiary alicyclic amines) is 1. The van der Waals surface area contributed by atoms with Crippen molar-refractivity contribution in [1.29, 1.82) is 0 Å². The van der Waals surface area contributed by atoms with E-state index in [1.165, 1.54) is 7.11 Å². The molecule has 0 saturated carbocycles. The summed E-state index contributed by atoms with van der Waals surface area (Å²) < 4.78 is 17.1. The number of methoxy groups -OCH3 is 2. The molecule has 212 valence electrons. The minimum atomic E-state index is -0.283. The number of aromatic nitrogens is 4. The number of carbonyl (C=O) groups excluding carboxylic acids is 1. The molecule has 2 aromatic heterocycles. The maximum absolute atomic E-state index is 12.8. The molecule has 3 aromatic rings. The van der Waals surface area contributed by atoms with Crippen molar-refractivity contribution in [1.82, 2.24) is 29.3 Å². The lowest BCUT2D eigenvalue weighted by Crippen LogP contribution is -2.44. The number of nitrogens with one attached hydrogen (secondary N) is 1. The van der Waals surface area contributed by atoms with Gasteiger partial charge in [-0.2, -0.15) is 9.97 Å². The number of carbonyl (C=O) groups is 1. The van der Waals surface area contributed by atoms with Gasteiger partial charge in [0.15, 0.2) is 11.5 Å². The summed E-state index contributed by atoms with van der Waals surface area (Å²) in [7, 11) is 5.14. The van der Waals surface area contributed by atoms with Crippen molar-refractivity contribution in [2.24, 2.45) is 0 Å². The minimum Gasteiger partial charge on any atom is -0.469 e. The molecule has 0 unspecified atom stereocenters. The van der Waals surface area contributed by atoms with Gasteiger partial charge < -0.3 is 29.8 Å². The van der Waals surface area contributed by atoms with Gasteiger partial charge in [0.05, 0.1) is 20.1 Å². The molecule has 0 aliphatic carbocycles. The monoisotopic (exact) mass is 541 g/mol. The Bertz CT molecular complexity index is 1300. The topological polar surface area (TPSA) is 141 Å². The zero-order valence-electron chi connectivity index (χ0n) is 23.0. The molecule has 1 saturated heterocycles. The highest BCUT2D eigenvalue weighted by Gasteiger charge is 2.24. The Morgan fingerprint density at radius 1 is 1.15 bits per heavy atom. The van der Waals surface area contributed by atoms with Crippen LogP contribution in [0, 0.1) is 0 Å². The lowest BCUT2D eigenvalue weighted by Gasteiger charge is -2.37. The smallest absolute Gasteiger partial charge is 0.327 e. The van der Waals surface area contributed by atoms with Crippen LogP contribution in [0.4, 0.5) is 5.82 Å². The number of fused-ring (bicyclic) bond motifs is 1. The minimum absolute atomic E-state index is 0.111. The van der Waals surface area contributed by atoms with E-state index in [1.807, 2.05) is 18.2 Å². The molecule has 12 nitrogen and oxygen atoms in total. The van der Waals surface area contributed by atoms with Gasteiger partial charge in [0.2, 0.25) is 0 Å². The molecule has 0 amide bonds. The Kier molecular flexibility index (Phi) is 9.90. The maximum atomic E-state index is 12.8. The van der Waals surface area contributed by atoms with Crippen molar-refractivity contribution in [2.45, 2.75) is 44.8 Å². The molecule has 12 heteroatoms. The lowest BCUT2D eigenvalue weighted by atomic mass is 9.99. The van der Waals surface area contributed by atoms with E-state index in [2.05, 4.69) is 37.9 Å². The van der Waals surface area contributed by atoms with Gasteiger partial charge in [0, 0.05) is 32.8 Å². The molecular formula is C27H39N7O5. The first-order chi connectivity index (χ1) is 18.9. The molecule has 0 spiro atoms. The van der Waals surface area contributed by atoms with Crippen LogP contribution in [0.25, 0.3) is 11.2 Å². The van der Waals surface area contributed by atoms with Gasteiger partial charge in [-0.1, -0.05) is 24.3 Å². The zero-order valence-corrected chi connectivity index (χ0v) is 23.0. The summed E-state index contributed by atoms with van der Waals surface area (Å²) in [5.74, 6) is -0.0859. The second kappa shape index (κ2) is 13.5. The van der Waals surface area contributed by atoms with Gasteiger partial charge in [0.1, 0.15) is 12.1 Å². The number of ether oxygens (including phenoxy) is 3. The Morgan fingerprint density at radius 2 is 1.90 bits per heavy atom. The van der Waals surface area contributed by atoms with Gasteiger partial charge >= 0.3 is 17.7 Å². The van der Waals surface area contributed by atoms with Gasteiger partial charge in [-0.05, 0) is 50.5 Å². The molecule has 1 aromatic carbocycles. The highest BCUT2D eigenvalue weighted by Crippen LogP contribution is 2.22. The third kappa shape index (κ3) is 7.34. The Balaban J connectivity index is 1.51. The Hall–Kier alpha value is -3.48. The number of nitrogens with two attached hydrogens (primary N) is 1. The first-order valence-electron chi connectivity index (χ1n) is 13.3. The van der Waals surface area contributed by atoms with E-state index in [-0.39, 0.29) is 36.5 Å². The van der Waals surface area contributed by atoms with Crippen molar-refractivity contribution in [3.05, 3.63) is 45.9 Å². The second-order valence-electron chi connectivity index (χ2n) is 9.89. The van der Waals surface area contributed by atoms with Crippen LogP contribution in [0.3, 0.4) is 0 Å². The van der Waals surface area contributed by atoms with Crippen LogP contribution in [0.5, 0.6) is 6.01 Å². The van der Waals surface area contributed by atoms with Crippen molar-refractivity contribution in [2.75, 3.05) is 59.8 Å². The van der Waals surface area contributed by atoms with Crippen LogP contribution in [-0.2, 0) is 33.8 Å². The fraction of sp³-hybridized carbons (Fsp3) is 0.556. The fourth-order valence-corrected chi connectivity index (χ4v) is 5.03. The fourth-order valence-electron chi connectivity index (χ4n) is 5.03. The van der Waals surface area contributed by atoms with E-state index in [1.54, 1.807) is 11.7 Å². The van der Waals surface area contributed by atoms with Crippen LogP contribution in [-0.4, -0.2) is 95.4 Å². The number of nitrogens with zero attached hydrogens (tertiary/aromatic N) is 5. The van der Waals surface area contributed by atoms with Gasteiger partial charge in [-0.25, -0.2) is 4.79 Å². The first kappa shape index (κ1) is 28.5. The number of hydrogen-bond donors (Lipinski definition) is 2.